The van der Waals surface area contributed by atoms with E-state index in [1.54, 1.807) is 0 Å². The molecule has 148 valence electrons. The Labute approximate surface area is 165 Å². The highest BCUT2D eigenvalue weighted by Gasteiger charge is 2.25. The average Bonchev–Trinajstić information content (AvgIpc) is 2.63. The molecule has 5 heteroatoms. The van der Waals surface area contributed by atoms with Gasteiger partial charge in [0.05, 0.1) is 0 Å². The molecular formula is C23H28N2O3. The van der Waals surface area contributed by atoms with Crippen LogP contribution in [0.1, 0.15) is 65.3 Å². The normalized spacial score (nSPS) is 16.4. The molecule has 0 saturated heterocycles. The summed E-state index contributed by atoms with van der Waals surface area (Å²) in [5.41, 5.74) is 3.05. The van der Waals surface area contributed by atoms with Crippen LogP contribution in [0.15, 0.2) is 39.5 Å². The molecular weight excluding hydrogens is 352 g/mol. The minimum Gasteiger partial charge on any atom is -0.427 e. The van der Waals surface area contributed by atoms with E-state index in [-0.39, 0.29) is 11.5 Å². The Morgan fingerprint density at radius 3 is 2.82 bits per heavy atom. The lowest BCUT2D eigenvalue weighted by molar-refractivity contribution is 0.0948. The third-order valence-corrected chi connectivity index (χ3v) is 6.00. The predicted octanol–water partition coefficient (Wildman–Crippen LogP) is 3.79. The zero-order chi connectivity index (χ0) is 19.5. The van der Waals surface area contributed by atoms with E-state index in [0.717, 1.165) is 51.0 Å². The quantitative estimate of drug-likeness (QED) is 0.775. The number of nitrogens with one attached hydrogen (secondary N) is 1. The van der Waals surface area contributed by atoms with Gasteiger partial charge in [0.2, 0.25) is 0 Å². The fraction of sp³-hybridized carbons (Fsp3) is 0.478. The maximum absolute atomic E-state index is 12.5. The fourth-order valence-corrected chi connectivity index (χ4v) is 4.20. The number of anilines is 1. The van der Waals surface area contributed by atoms with Gasteiger partial charge < -0.3 is 14.6 Å². The van der Waals surface area contributed by atoms with E-state index >= 15 is 0 Å². The van der Waals surface area contributed by atoms with Gasteiger partial charge in [-0.1, -0.05) is 24.6 Å². The Balaban J connectivity index is 1.32. The van der Waals surface area contributed by atoms with Crippen LogP contribution in [-0.2, 0) is 6.42 Å². The largest absolute Gasteiger partial charge is 0.427 e. The minimum atomic E-state index is -0.510. The number of carbonyl (C=O) groups excluding carboxylic acids is 1. The van der Waals surface area contributed by atoms with Crippen molar-refractivity contribution in [3.63, 3.8) is 0 Å². The number of para-hydroxylation sites is 1. The first-order valence-corrected chi connectivity index (χ1v) is 10.4. The Morgan fingerprint density at radius 1 is 1.25 bits per heavy atom. The Hall–Kier alpha value is -2.56. The molecule has 2 aromatic rings. The molecule has 1 aliphatic carbocycles. The van der Waals surface area contributed by atoms with E-state index in [2.05, 4.69) is 34.5 Å². The number of carbonyl (C=O) groups is 1. The molecule has 0 spiro atoms. The lowest BCUT2D eigenvalue weighted by Gasteiger charge is -2.31. The van der Waals surface area contributed by atoms with Crippen LogP contribution in [0.5, 0.6) is 0 Å². The van der Waals surface area contributed by atoms with E-state index in [9.17, 15) is 9.59 Å². The van der Waals surface area contributed by atoms with Crippen LogP contribution in [0.4, 0.5) is 5.69 Å². The van der Waals surface area contributed by atoms with Crippen molar-refractivity contribution in [1.29, 1.82) is 0 Å². The number of hydrogen-bond donors (Lipinski definition) is 1. The van der Waals surface area contributed by atoms with Crippen molar-refractivity contribution in [1.82, 2.24) is 5.32 Å². The molecule has 4 rings (SSSR count). The number of fused-ring (bicyclic) bond motifs is 1. The molecule has 1 fully saturated rings. The zero-order valence-electron chi connectivity index (χ0n) is 16.5. The maximum atomic E-state index is 12.5. The van der Waals surface area contributed by atoms with Crippen LogP contribution in [-0.4, -0.2) is 25.5 Å². The molecule has 0 atom stereocenters. The van der Waals surface area contributed by atoms with Crippen LogP contribution < -0.4 is 15.8 Å². The molecule has 0 unspecified atom stereocenters. The van der Waals surface area contributed by atoms with Crippen LogP contribution in [0.3, 0.4) is 0 Å². The van der Waals surface area contributed by atoms with Gasteiger partial charge in [-0.2, -0.15) is 0 Å². The summed E-state index contributed by atoms with van der Waals surface area (Å²) >= 11 is 0. The second-order valence-corrected chi connectivity index (χ2v) is 7.95. The first-order valence-electron chi connectivity index (χ1n) is 10.4. The lowest BCUT2D eigenvalue weighted by atomic mass is 9.83. The van der Waals surface area contributed by atoms with Crippen LogP contribution in [0.2, 0.25) is 0 Å². The van der Waals surface area contributed by atoms with E-state index in [1.807, 2.05) is 13.0 Å². The summed E-state index contributed by atoms with van der Waals surface area (Å²) in [5, 5.41) is 2.90. The van der Waals surface area contributed by atoms with Gasteiger partial charge in [0.1, 0.15) is 11.3 Å². The standard InChI is InChI=1S/C23H28N2O3/c1-16-15-20(18-8-4-9-18)28-23(27)21(16)22(26)24-12-6-14-25-13-5-10-17-7-2-3-11-19(17)25/h2-3,7,11,15,18H,4-6,8-10,12-14H2,1H3,(H,24,26). The van der Waals surface area contributed by atoms with Crippen molar-refractivity contribution in [2.75, 3.05) is 24.5 Å². The highest BCUT2D eigenvalue weighted by molar-refractivity contribution is 5.95. The minimum absolute atomic E-state index is 0.145. The number of rotatable bonds is 6. The van der Waals surface area contributed by atoms with Crippen molar-refractivity contribution in [2.45, 2.75) is 51.4 Å². The summed E-state index contributed by atoms with van der Waals surface area (Å²) in [4.78, 5) is 27.2. The van der Waals surface area contributed by atoms with Crippen molar-refractivity contribution < 1.29 is 9.21 Å². The molecule has 5 nitrogen and oxygen atoms in total. The number of aryl methyl sites for hydroxylation is 2. The van der Waals surface area contributed by atoms with Gasteiger partial charge >= 0.3 is 5.63 Å². The molecule has 1 saturated carbocycles. The summed E-state index contributed by atoms with van der Waals surface area (Å²) in [7, 11) is 0. The molecule has 1 aromatic carbocycles. The molecule has 0 radical (unpaired) electrons. The summed E-state index contributed by atoms with van der Waals surface area (Å²) in [6, 6.07) is 10.4. The Morgan fingerprint density at radius 2 is 2.07 bits per heavy atom. The van der Waals surface area contributed by atoms with Gasteiger partial charge in [-0.3, -0.25) is 4.79 Å². The summed E-state index contributed by atoms with van der Waals surface area (Å²) in [6.45, 7) is 4.31. The van der Waals surface area contributed by atoms with E-state index in [0.29, 0.717) is 18.0 Å². The Bertz CT molecular complexity index is 914. The summed E-state index contributed by atoms with van der Waals surface area (Å²) < 4.78 is 5.43. The van der Waals surface area contributed by atoms with Crippen LogP contribution in [0.25, 0.3) is 0 Å². The van der Waals surface area contributed by atoms with Gasteiger partial charge in [-0.05, 0) is 62.3 Å². The molecule has 1 aromatic heterocycles. The SMILES string of the molecule is Cc1cc(C2CCC2)oc(=O)c1C(=O)NCCCN1CCCc2ccccc21. The molecule has 28 heavy (non-hydrogen) atoms. The molecule has 2 aliphatic rings. The van der Waals surface area contributed by atoms with Crippen molar-refractivity contribution in [3.8, 4) is 0 Å². The lowest BCUT2D eigenvalue weighted by Crippen LogP contribution is -2.34. The number of amides is 1. The second kappa shape index (κ2) is 8.21. The van der Waals surface area contributed by atoms with Crippen molar-refractivity contribution in [2.24, 2.45) is 0 Å². The number of benzene rings is 1. The third kappa shape index (κ3) is 3.84. The predicted molar refractivity (Wildman–Crippen MR) is 110 cm³/mol. The number of nitrogens with zero attached hydrogens (tertiary/aromatic N) is 1. The average molecular weight is 380 g/mol. The van der Waals surface area contributed by atoms with E-state index < -0.39 is 5.63 Å². The van der Waals surface area contributed by atoms with Crippen molar-refractivity contribution >= 4 is 11.6 Å². The maximum Gasteiger partial charge on any atom is 0.349 e. The van der Waals surface area contributed by atoms with Crippen LogP contribution in [0, 0.1) is 6.92 Å². The van der Waals surface area contributed by atoms with Gasteiger partial charge in [-0.15, -0.1) is 0 Å². The Kier molecular flexibility index (Phi) is 5.51. The van der Waals surface area contributed by atoms with Crippen molar-refractivity contribution in [3.05, 3.63) is 63.2 Å². The monoisotopic (exact) mass is 380 g/mol. The smallest absolute Gasteiger partial charge is 0.349 e. The van der Waals surface area contributed by atoms with Gasteiger partial charge in [0.25, 0.3) is 5.91 Å². The molecule has 2 heterocycles. The first kappa shape index (κ1) is 18.8. The zero-order valence-corrected chi connectivity index (χ0v) is 16.5. The molecule has 0 bridgehead atoms. The van der Waals surface area contributed by atoms with E-state index in [4.69, 9.17) is 4.42 Å². The summed E-state index contributed by atoms with van der Waals surface area (Å²) in [5.74, 6) is 0.746. The summed E-state index contributed by atoms with van der Waals surface area (Å²) in [6.07, 6.45) is 6.44. The number of hydrogen-bond acceptors (Lipinski definition) is 4. The van der Waals surface area contributed by atoms with Gasteiger partial charge in [0, 0.05) is 31.2 Å². The van der Waals surface area contributed by atoms with E-state index in [1.165, 1.54) is 17.7 Å². The fourth-order valence-electron chi connectivity index (χ4n) is 4.20. The molecule has 1 aliphatic heterocycles. The van der Waals surface area contributed by atoms with Crippen LogP contribution >= 0.6 is 0 Å². The first-order chi connectivity index (χ1) is 13.6. The van der Waals surface area contributed by atoms with Gasteiger partial charge in [-0.25, -0.2) is 4.79 Å². The van der Waals surface area contributed by atoms with Gasteiger partial charge in [0.15, 0.2) is 0 Å². The molecule has 1 N–H and O–H groups in total. The molecule has 1 amide bonds. The highest BCUT2D eigenvalue weighted by Crippen LogP contribution is 2.36. The third-order valence-electron chi connectivity index (χ3n) is 6.00. The highest BCUT2D eigenvalue weighted by atomic mass is 16.4. The second-order valence-electron chi connectivity index (χ2n) is 7.95. The topological polar surface area (TPSA) is 62.6 Å².